The molecule has 0 amide bonds. The number of aromatic nitrogens is 2. The Morgan fingerprint density at radius 3 is 2.50 bits per heavy atom. The molecule has 38 heavy (non-hydrogen) atoms. The Kier molecular flexibility index (Phi) is 4.64. The maximum absolute atomic E-state index is 5.44. The van der Waals surface area contributed by atoms with Gasteiger partial charge < -0.3 is 14.8 Å². The highest BCUT2D eigenvalue weighted by Gasteiger charge is 2.35. The van der Waals surface area contributed by atoms with Gasteiger partial charge in [0.05, 0.1) is 11.4 Å². The molecule has 3 aromatic carbocycles. The van der Waals surface area contributed by atoms with Gasteiger partial charge in [0.2, 0.25) is 0 Å². The summed E-state index contributed by atoms with van der Waals surface area (Å²) in [6, 6.07) is 31.9. The number of fused-ring (bicyclic) bond motifs is 6. The number of hydrogen-bond donors (Lipinski definition) is 0. The van der Waals surface area contributed by atoms with Crippen LogP contribution in [-0.4, -0.2) is 15.3 Å². The zero-order valence-corrected chi connectivity index (χ0v) is 20.7. The van der Waals surface area contributed by atoms with Crippen LogP contribution in [0.2, 0.25) is 0 Å². The van der Waals surface area contributed by atoms with Gasteiger partial charge in [-0.05, 0) is 76.7 Å². The van der Waals surface area contributed by atoms with Crippen LogP contribution in [0.4, 0.5) is 17.2 Å². The minimum Gasteiger partial charge on any atom is -0.452 e. The smallest absolute Gasteiger partial charge is 0.0844 e. The van der Waals surface area contributed by atoms with E-state index in [1.807, 2.05) is 12.4 Å². The standard InChI is InChI=1S/C33H24N5/c1-2-10-22(11-3-1)37-30-16-7-5-13-25(30)32-31(37)20-26-24-12-4-6-15-29(24)38(33(26)36-32)23-17-18-28(35-21-23)27-14-8-9-19-34-27/h1-7,9-13,15-21,32H,8,14H2/q-1. The summed E-state index contributed by atoms with van der Waals surface area (Å²) in [5.74, 6) is 0.970. The number of aliphatic imine (C=N–C) groups is 1. The average Bonchev–Trinajstić information content (AvgIpc) is 3.49. The third kappa shape index (κ3) is 3.12. The average molecular weight is 491 g/mol. The second kappa shape index (κ2) is 8.32. The van der Waals surface area contributed by atoms with Gasteiger partial charge in [-0.3, -0.25) is 9.98 Å². The fourth-order valence-electron chi connectivity index (χ4n) is 5.93. The first-order valence-electron chi connectivity index (χ1n) is 13.1. The third-order valence-electron chi connectivity index (χ3n) is 7.64. The van der Waals surface area contributed by atoms with Gasteiger partial charge >= 0.3 is 0 Å². The van der Waals surface area contributed by atoms with Crippen LogP contribution in [0.25, 0.3) is 28.0 Å². The molecule has 0 spiro atoms. The van der Waals surface area contributed by atoms with E-state index in [4.69, 9.17) is 10.3 Å². The third-order valence-corrected chi connectivity index (χ3v) is 7.64. The van der Waals surface area contributed by atoms with Crippen molar-refractivity contribution in [3.8, 4) is 5.69 Å². The fourth-order valence-corrected chi connectivity index (χ4v) is 5.93. The molecule has 0 bridgehead atoms. The number of benzene rings is 3. The summed E-state index contributed by atoms with van der Waals surface area (Å²) in [6.07, 6.45) is 10.2. The lowest BCUT2D eigenvalue weighted by Gasteiger charge is -2.34. The molecular weight excluding hydrogens is 466 g/mol. The molecule has 0 saturated heterocycles. The van der Waals surface area contributed by atoms with Crippen molar-refractivity contribution in [3.63, 3.8) is 0 Å². The molecule has 5 nitrogen and oxygen atoms in total. The SMILES string of the molecule is C1=CN=C(c2ccc(-n3c4c(c5ccccc53)C=C3C([N-]4)c4ccccc4N3c3ccccc3)cn2)CC1. The Morgan fingerprint density at radius 1 is 0.816 bits per heavy atom. The van der Waals surface area contributed by atoms with Gasteiger partial charge in [-0.25, -0.2) is 0 Å². The molecule has 0 aliphatic carbocycles. The van der Waals surface area contributed by atoms with Gasteiger partial charge in [-0.2, -0.15) is 0 Å². The number of pyridine rings is 1. The number of allylic oxidation sites excluding steroid dienone is 1. The molecule has 5 heterocycles. The normalized spacial score (nSPS) is 17.4. The van der Waals surface area contributed by atoms with Crippen molar-refractivity contribution in [1.82, 2.24) is 9.55 Å². The van der Waals surface area contributed by atoms with Crippen molar-refractivity contribution in [3.05, 3.63) is 137 Å². The molecule has 1 unspecified atom stereocenters. The molecule has 0 radical (unpaired) electrons. The molecule has 0 N–H and O–H groups in total. The van der Waals surface area contributed by atoms with Crippen LogP contribution in [0.3, 0.4) is 0 Å². The number of anilines is 2. The number of hydrogen-bond acceptors (Lipinski definition) is 3. The van der Waals surface area contributed by atoms with E-state index >= 15 is 0 Å². The van der Waals surface area contributed by atoms with E-state index in [2.05, 4.69) is 118 Å². The number of nitrogens with zero attached hydrogens (tertiary/aromatic N) is 5. The van der Waals surface area contributed by atoms with Crippen LogP contribution in [-0.2, 0) is 0 Å². The summed E-state index contributed by atoms with van der Waals surface area (Å²) in [5.41, 5.74) is 10.0. The monoisotopic (exact) mass is 490 g/mol. The van der Waals surface area contributed by atoms with Crippen LogP contribution >= 0.6 is 0 Å². The van der Waals surface area contributed by atoms with Gasteiger partial charge in [-0.1, -0.05) is 72.8 Å². The van der Waals surface area contributed by atoms with E-state index in [0.29, 0.717) is 0 Å². The maximum atomic E-state index is 5.44. The Balaban J connectivity index is 1.31. The molecule has 0 fully saturated rings. The van der Waals surface area contributed by atoms with Crippen molar-refractivity contribution >= 4 is 39.9 Å². The second-order valence-electron chi connectivity index (χ2n) is 9.82. The Labute approximate surface area is 221 Å². The molecule has 5 aromatic rings. The quantitative estimate of drug-likeness (QED) is 0.255. The van der Waals surface area contributed by atoms with Crippen molar-refractivity contribution in [1.29, 1.82) is 0 Å². The summed E-state index contributed by atoms with van der Waals surface area (Å²) in [7, 11) is 0. The minimum absolute atomic E-state index is 0.0717. The topological polar surface area (TPSA) is 47.5 Å². The van der Waals surface area contributed by atoms with E-state index < -0.39 is 0 Å². The molecule has 182 valence electrons. The van der Waals surface area contributed by atoms with E-state index in [1.165, 1.54) is 22.3 Å². The van der Waals surface area contributed by atoms with Crippen molar-refractivity contribution in [2.75, 3.05) is 4.90 Å². The predicted octanol–water partition coefficient (Wildman–Crippen LogP) is 8.37. The first kappa shape index (κ1) is 21.2. The van der Waals surface area contributed by atoms with E-state index in [1.54, 1.807) is 0 Å². The molecule has 0 saturated carbocycles. The first-order valence-corrected chi connectivity index (χ1v) is 13.1. The van der Waals surface area contributed by atoms with Gasteiger partial charge in [0, 0.05) is 35.5 Å². The lowest BCUT2D eigenvalue weighted by atomic mass is 10.0. The van der Waals surface area contributed by atoms with Gasteiger partial charge in [0.1, 0.15) is 0 Å². The van der Waals surface area contributed by atoms with Crippen LogP contribution in [0.15, 0.2) is 120 Å². The molecule has 1 atom stereocenters. The Morgan fingerprint density at radius 2 is 1.66 bits per heavy atom. The second-order valence-corrected chi connectivity index (χ2v) is 9.82. The lowest BCUT2D eigenvalue weighted by molar-refractivity contribution is 0.956. The largest absolute Gasteiger partial charge is 0.452 e. The lowest BCUT2D eigenvalue weighted by Crippen LogP contribution is -2.15. The molecule has 3 aliphatic rings. The van der Waals surface area contributed by atoms with Crippen LogP contribution in [0, 0.1) is 0 Å². The highest BCUT2D eigenvalue weighted by molar-refractivity contribution is 6.03. The Hall–Kier alpha value is -4.90. The zero-order chi connectivity index (χ0) is 25.1. The van der Waals surface area contributed by atoms with Crippen molar-refractivity contribution in [2.24, 2.45) is 4.99 Å². The predicted molar refractivity (Wildman–Crippen MR) is 155 cm³/mol. The van der Waals surface area contributed by atoms with Gasteiger partial charge in [-0.15, -0.1) is 0 Å². The van der Waals surface area contributed by atoms with E-state index in [0.717, 1.165) is 52.5 Å². The summed E-state index contributed by atoms with van der Waals surface area (Å²) < 4.78 is 2.26. The molecule has 8 rings (SSSR count). The number of rotatable bonds is 3. The van der Waals surface area contributed by atoms with Gasteiger partial charge in [0.15, 0.2) is 0 Å². The fraction of sp³-hybridized carbons (Fsp3) is 0.0909. The summed E-state index contributed by atoms with van der Waals surface area (Å²) >= 11 is 0. The summed E-state index contributed by atoms with van der Waals surface area (Å²) in [4.78, 5) is 11.7. The maximum Gasteiger partial charge on any atom is 0.0844 e. The highest BCUT2D eigenvalue weighted by atomic mass is 15.2. The van der Waals surface area contributed by atoms with Gasteiger partial charge in [0.25, 0.3) is 0 Å². The first-order chi connectivity index (χ1) is 18.9. The number of para-hydroxylation sites is 3. The van der Waals surface area contributed by atoms with Crippen molar-refractivity contribution in [2.45, 2.75) is 18.9 Å². The van der Waals surface area contributed by atoms with Crippen LogP contribution in [0.1, 0.15) is 35.7 Å². The molecule has 2 aromatic heterocycles. The summed E-state index contributed by atoms with van der Waals surface area (Å²) in [5, 5.41) is 6.63. The van der Waals surface area contributed by atoms with E-state index in [9.17, 15) is 0 Å². The molecule has 3 aliphatic heterocycles. The zero-order valence-electron chi connectivity index (χ0n) is 20.7. The minimum atomic E-state index is -0.0717. The highest BCUT2D eigenvalue weighted by Crippen LogP contribution is 2.57. The molecule has 5 heteroatoms. The van der Waals surface area contributed by atoms with E-state index in [-0.39, 0.29) is 6.04 Å². The van der Waals surface area contributed by atoms with Crippen LogP contribution in [0.5, 0.6) is 0 Å². The van der Waals surface area contributed by atoms with Crippen LogP contribution < -0.4 is 4.90 Å². The summed E-state index contributed by atoms with van der Waals surface area (Å²) in [6.45, 7) is 0. The van der Waals surface area contributed by atoms with Crippen molar-refractivity contribution < 1.29 is 0 Å². The Bertz CT molecular complexity index is 1790. The molecular formula is C33H24N5-.